The highest BCUT2D eigenvalue weighted by Crippen LogP contribution is 2.32. The van der Waals surface area contributed by atoms with Gasteiger partial charge in [-0.15, -0.1) is 11.3 Å². The van der Waals surface area contributed by atoms with Crippen molar-refractivity contribution < 1.29 is 0 Å². The van der Waals surface area contributed by atoms with Crippen molar-refractivity contribution >= 4 is 22.9 Å². The van der Waals surface area contributed by atoms with Crippen LogP contribution in [0.15, 0.2) is 11.4 Å². The van der Waals surface area contributed by atoms with E-state index in [1.54, 1.807) is 11.3 Å². The first-order chi connectivity index (χ1) is 8.78. The molecular formula is C13H20ClN3S. The highest BCUT2D eigenvalue weighted by Gasteiger charge is 2.33. The van der Waals surface area contributed by atoms with Crippen LogP contribution in [-0.4, -0.2) is 48.6 Å². The van der Waals surface area contributed by atoms with Crippen LogP contribution in [0.3, 0.4) is 0 Å². The molecule has 5 heteroatoms. The molecule has 100 valence electrons. The van der Waals surface area contributed by atoms with E-state index in [9.17, 15) is 0 Å². The summed E-state index contributed by atoms with van der Waals surface area (Å²) in [5.41, 5.74) is 5.96. The van der Waals surface area contributed by atoms with Gasteiger partial charge in [0.2, 0.25) is 0 Å². The second kappa shape index (κ2) is 5.47. The van der Waals surface area contributed by atoms with Crippen LogP contribution in [0.1, 0.15) is 23.8 Å². The van der Waals surface area contributed by atoms with Crippen molar-refractivity contribution in [2.75, 3.05) is 32.7 Å². The maximum atomic E-state index is 6.02. The Balaban J connectivity index is 1.62. The van der Waals surface area contributed by atoms with Gasteiger partial charge in [-0.2, -0.15) is 0 Å². The summed E-state index contributed by atoms with van der Waals surface area (Å²) in [4.78, 5) is 6.45. The number of hydrogen-bond donors (Lipinski definition) is 1. The van der Waals surface area contributed by atoms with Gasteiger partial charge in [-0.1, -0.05) is 11.6 Å². The summed E-state index contributed by atoms with van der Waals surface area (Å²) in [6, 6.07) is 3.31. The first-order valence-corrected chi connectivity index (χ1v) is 7.96. The third-order valence-electron chi connectivity index (χ3n) is 3.99. The van der Waals surface area contributed by atoms with Crippen LogP contribution in [0.5, 0.6) is 0 Å². The molecule has 1 aromatic rings. The molecule has 2 N–H and O–H groups in total. The van der Waals surface area contributed by atoms with E-state index in [1.165, 1.54) is 30.8 Å². The molecule has 2 fully saturated rings. The second-order valence-corrected chi connectivity index (χ2v) is 6.60. The summed E-state index contributed by atoms with van der Waals surface area (Å²) in [6.45, 7) is 5.34. The van der Waals surface area contributed by atoms with E-state index in [0.717, 1.165) is 24.2 Å². The molecular weight excluding hydrogens is 266 g/mol. The van der Waals surface area contributed by atoms with Crippen LogP contribution in [0, 0.1) is 0 Å². The van der Waals surface area contributed by atoms with E-state index in [4.69, 9.17) is 17.3 Å². The van der Waals surface area contributed by atoms with Gasteiger partial charge < -0.3 is 5.73 Å². The molecule has 0 bridgehead atoms. The largest absolute Gasteiger partial charge is 0.329 e. The molecule has 1 aliphatic carbocycles. The highest BCUT2D eigenvalue weighted by atomic mass is 35.5. The molecule has 1 unspecified atom stereocenters. The lowest BCUT2D eigenvalue weighted by atomic mass is 10.1. The van der Waals surface area contributed by atoms with Gasteiger partial charge in [0.25, 0.3) is 0 Å². The van der Waals surface area contributed by atoms with Gasteiger partial charge in [0, 0.05) is 49.0 Å². The third kappa shape index (κ3) is 2.73. The summed E-state index contributed by atoms with van der Waals surface area (Å²) < 4.78 is 0. The molecule has 1 saturated heterocycles. The van der Waals surface area contributed by atoms with E-state index < -0.39 is 0 Å². The van der Waals surface area contributed by atoms with Gasteiger partial charge in [0.15, 0.2) is 0 Å². The van der Waals surface area contributed by atoms with E-state index in [0.29, 0.717) is 12.6 Å². The second-order valence-electron chi connectivity index (χ2n) is 5.22. The maximum Gasteiger partial charge on any atom is 0.0565 e. The minimum Gasteiger partial charge on any atom is -0.329 e. The number of piperazine rings is 1. The zero-order valence-electron chi connectivity index (χ0n) is 10.5. The van der Waals surface area contributed by atoms with Crippen LogP contribution in [0.4, 0.5) is 0 Å². The monoisotopic (exact) mass is 285 g/mol. The lowest BCUT2D eigenvalue weighted by Gasteiger charge is -2.38. The van der Waals surface area contributed by atoms with Crippen molar-refractivity contribution in [3.05, 3.63) is 21.3 Å². The van der Waals surface area contributed by atoms with Gasteiger partial charge >= 0.3 is 0 Å². The number of hydrogen-bond acceptors (Lipinski definition) is 4. The van der Waals surface area contributed by atoms with Crippen molar-refractivity contribution in [3.63, 3.8) is 0 Å². The fourth-order valence-electron chi connectivity index (χ4n) is 2.80. The Labute approximate surface area is 118 Å². The van der Waals surface area contributed by atoms with Crippen molar-refractivity contribution in [1.82, 2.24) is 9.80 Å². The lowest BCUT2D eigenvalue weighted by Crippen LogP contribution is -2.49. The number of halogens is 1. The van der Waals surface area contributed by atoms with E-state index >= 15 is 0 Å². The van der Waals surface area contributed by atoms with Gasteiger partial charge in [-0.3, -0.25) is 9.80 Å². The molecule has 0 radical (unpaired) electrons. The predicted octanol–water partition coefficient (Wildman–Crippen LogP) is 2.18. The van der Waals surface area contributed by atoms with Crippen LogP contribution in [0.25, 0.3) is 0 Å². The maximum absolute atomic E-state index is 6.02. The minimum absolute atomic E-state index is 0.351. The summed E-state index contributed by atoms with van der Waals surface area (Å²) >= 11 is 7.74. The molecule has 2 heterocycles. The van der Waals surface area contributed by atoms with Crippen molar-refractivity contribution in [1.29, 1.82) is 0 Å². The Morgan fingerprint density at radius 1 is 1.33 bits per heavy atom. The van der Waals surface area contributed by atoms with Crippen molar-refractivity contribution in [3.8, 4) is 0 Å². The molecule has 3 nitrogen and oxygen atoms in total. The van der Waals surface area contributed by atoms with Crippen LogP contribution in [-0.2, 0) is 0 Å². The fourth-order valence-corrected chi connectivity index (χ4v) is 4.03. The number of rotatable bonds is 4. The first kappa shape index (κ1) is 12.9. The first-order valence-electron chi connectivity index (χ1n) is 6.70. The van der Waals surface area contributed by atoms with E-state index in [2.05, 4.69) is 15.9 Å². The Bertz CT molecular complexity index is 397. The van der Waals surface area contributed by atoms with E-state index in [-0.39, 0.29) is 0 Å². The normalized spacial score (nSPS) is 24.3. The third-order valence-corrected chi connectivity index (χ3v) is 5.37. The molecule has 0 amide bonds. The van der Waals surface area contributed by atoms with Crippen LogP contribution in [0.2, 0.25) is 5.02 Å². The molecule has 1 aliphatic heterocycles. The number of thiophene rings is 1. The average Bonchev–Trinajstić information content (AvgIpc) is 3.15. The Kier molecular flexibility index (Phi) is 3.91. The lowest BCUT2D eigenvalue weighted by molar-refractivity contribution is 0.0950. The number of nitrogens with two attached hydrogens (primary N) is 1. The van der Waals surface area contributed by atoms with Gasteiger partial charge in [-0.25, -0.2) is 0 Å². The molecule has 2 aliphatic rings. The van der Waals surface area contributed by atoms with E-state index in [1.807, 2.05) is 5.38 Å². The zero-order valence-corrected chi connectivity index (χ0v) is 12.1. The van der Waals surface area contributed by atoms with Crippen molar-refractivity contribution in [2.24, 2.45) is 5.73 Å². The molecule has 0 aromatic carbocycles. The standard InChI is InChI=1S/C13H20ClN3S/c14-10-7-13(18-9-10)12(8-15)17-5-3-16(4-6-17)11-1-2-11/h7,9,11-12H,1-6,8,15H2. The Hall–Kier alpha value is -0.130. The van der Waals surface area contributed by atoms with Gasteiger partial charge in [0.1, 0.15) is 0 Å². The quantitative estimate of drug-likeness (QED) is 0.920. The average molecular weight is 286 g/mol. The van der Waals surface area contributed by atoms with Crippen LogP contribution >= 0.6 is 22.9 Å². The molecule has 3 rings (SSSR count). The zero-order chi connectivity index (χ0) is 12.5. The fraction of sp³-hybridized carbons (Fsp3) is 0.692. The highest BCUT2D eigenvalue weighted by molar-refractivity contribution is 7.10. The molecule has 1 aromatic heterocycles. The summed E-state index contributed by atoms with van der Waals surface area (Å²) in [7, 11) is 0. The predicted molar refractivity (Wildman–Crippen MR) is 77.3 cm³/mol. The Morgan fingerprint density at radius 2 is 2.06 bits per heavy atom. The molecule has 1 atom stereocenters. The summed E-state index contributed by atoms with van der Waals surface area (Å²) in [6.07, 6.45) is 2.81. The summed E-state index contributed by atoms with van der Waals surface area (Å²) in [5.74, 6) is 0. The van der Waals surface area contributed by atoms with Crippen LogP contribution < -0.4 is 5.73 Å². The topological polar surface area (TPSA) is 32.5 Å². The van der Waals surface area contributed by atoms with Gasteiger partial charge in [0.05, 0.1) is 11.1 Å². The smallest absolute Gasteiger partial charge is 0.0565 e. The van der Waals surface area contributed by atoms with Gasteiger partial charge in [-0.05, 0) is 18.9 Å². The molecule has 18 heavy (non-hydrogen) atoms. The molecule has 1 saturated carbocycles. The minimum atomic E-state index is 0.351. The summed E-state index contributed by atoms with van der Waals surface area (Å²) in [5, 5.41) is 2.84. The SMILES string of the molecule is NCC(c1cc(Cl)cs1)N1CCN(C2CC2)CC1. The number of nitrogens with zero attached hydrogens (tertiary/aromatic N) is 2. The molecule has 0 spiro atoms. The Morgan fingerprint density at radius 3 is 2.56 bits per heavy atom. The van der Waals surface area contributed by atoms with Crippen molar-refractivity contribution in [2.45, 2.75) is 24.9 Å².